The van der Waals surface area contributed by atoms with E-state index in [4.69, 9.17) is 0 Å². The lowest BCUT2D eigenvalue weighted by Crippen LogP contribution is -2.03. The summed E-state index contributed by atoms with van der Waals surface area (Å²) in [6, 6.07) is 3.61. The fraction of sp³-hybridized carbons (Fsp3) is 0.400. The van der Waals surface area contributed by atoms with Crippen LogP contribution in [0.15, 0.2) is 12.1 Å². The minimum absolute atomic E-state index is 0.655. The number of anilines is 1. The number of hydrogen-bond donors (Lipinski definition) is 1. The predicted octanol–water partition coefficient (Wildman–Crippen LogP) is 2.02. The zero-order valence-electron chi connectivity index (χ0n) is 8.00. The Morgan fingerprint density at radius 1 is 1.54 bits per heavy atom. The number of nitrogens with one attached hydrogen (secondary N) is 1. The summed E-state index contributed by atoms with van der Waals surface area (Å²) in [4.78, 5) is 14.7. The molecule has 0 fully saturated rings. The standard InChI is InChI=1S/C10H14N2O/c1-3-6-11-10-5-4-9(7-13)8(2)12-10/h4-5,7H,3,6H2,1-2H3,(H,11,12). The average molecular weight is 178 g/mol. The lowest BCUT2D eigenvalue weighted by molar-refractivity contribution is 0.112. The molecule has 0 saturated heterocycles. The van der Waals surface area contributed by atoms with E-state index in [1.165, 1.54) is 0 Å². The SMILES string of the molecule is CCCNc1ccc(C=O)c(C)n1. The van der Waals surface area contributed by atoms with Crippen LogP contribution in [0, 0.1) is 6.92 Å². The minimum Gasteiger partial charge on any atom is -0.370 e. The van der Waals surface area contributed by atoms with Gasteiger partial charge in [-0.15, -0.1) is 0 Å². The van der Waals surface area contributed by atoms with Crippen molar-refractivity contribution in [2.24, 2.45) is 0 Å². The first-order valence-electron chi connectivity index (χ1n) is 4.44. The van der Waals surface area contributed by atoms with Crippen LogP contribution in [0.5, 0.6) is 0 Å². The Hall–Kier alpha value is -1.38. The Bertz CT molecular complexity index is 297. The van der Waals surface area contributed by atoms with E-state index in [9.17, 15) is 4.79 Å². The Morgan fingerprint density at radius 3 is 2.85 bits per heavy atom. The van der Waals surface area contributed by atoms with Gasteiger partial charge >= 0.3 is 0 Å². The molecule has 1 heterocycles. The maximum Gasteiger partial charge on any atom is 0.151 e. The molecule has 0 bridgehead atoms. The van der Waals surface area contributed by atoms with Crippen LogP contribution in [0.2, 0.25) is 0 Å². The van der Waals surface area contributed by atoms with E-state index < -0.39 is 0 Å². The average Bonchev–Trinajstić information content (AvgIpc) is 2.15. The van der Waals surface area contributed by atoms with E-state index in [1.54, 1.807) is 6.07 Å². The molecule has 1 rings (SSSR count). The second-order valence-electron chi connectivity index (χ2n) is 2.92. The van der Waals surface area contributed by atoms with Crippen molar-refractivity contribution < 1.29 is 4.79 Å². The van der Waals surface area contributed by atoms with Crippen molar-refractivity contribution in [3.05, 3.63) is 23.4 Å². The van der Waals surface area contributed by atoms with Gasteiger partial charge in [-0.2, -0.15) is 0 Å². The van der Waals surface area contributed by atoms with Gasteiger partial charge in [0.25, 0.3) is 0 Å². The zero-order chi connectivity index (χ0) is 9.68. The van der Waals surface area contributed by atoms with Crippen LogP contribution in [0.4, 0.5) is 5.82 Å². The maximum absolute atomic E-state index is 10.5. The molecule has 0 unspecified atom stereocenters. The summed E-state index contributed by atoms with van der Waals surface area (Å²) in [7, 11) is 0. The minimum atomic E-state index is 0.655. The van der Waals surface area contributed by atoms with Gasteiger partial charge in [0.15, 0.2) is 6.29 Å². The summed E-state index contributed by atoms with van der Waals surface area (Å²) in [5, 5.41) is 3.16. The molecule has 0 atom stereocenters. The number of nitrogens with zero attached hydrogens (tertiary/aromatic N) is 1. The van der Waals surface area contributed by atoms with E-state index in [-0.39, 0.29) is 0 Å². The molecule has 0 amide bonds. The fourth-order valence-corrected chi connectivity index (χ4v) is 1.05. The highest BCUT2D eigenvalue weighted by atomic mass is 16.1. The predicted molar refractivity (Wildman–Crippen MR) is 53.1 cm³/mol. The number of hydrogen-bond acceptors (Lipinski definition) is 3. The first kappa shape index (κ1) is 9.71. The van der Waals surface area contributed by atoms with Gasteiger partial charge in [-0.3, -0.25) is 4.79 Å². The number of carbonyl (C=O) groups excluding carboxylic acids is 1. The second-order valence-corrected chi connectivity index (χ2v) is 2.92. The molecule has 0 aliphatic heterocycles. The Kier molecular flexibility index (Phi) is 3.43. The van der Waals surface area contributed by atoms with E-state index in [0.717, 1.165) is 30.8 Å². The number of pyridine rings is 1. The zero-order valence-corrected chi connectivity index (χ0v) is 8.00. The molecule has 70 valence electrons. The van der Waals surface area contributed by atoms with E-state index in [2.05, 4.69) is 17.2 Å². The van der Waals surface area contributed by atoms with Crippen LogP contribution in [0.1, 0.15) is 29.4 Å². The number of aromatic nitrogens is 1. The first-order chi connectivity index (χ1) is 6.27. The van der Waals surface area contributed by atoms with Gasteiger partial charge in [0, 0.05) is 12.1 Å². The number of aryl methyl sites for hydroxylation is 1. The Labute approximate surface area is 78.2 Å². The van der Waals surface area contributed by atoms with Crippen molar-refractivity contribution in [1.82, 2.24) is 4.98 Å². The first-order valence-corrected chi connectivity index (χ1v) is 4.44. The molecule has 3 heteroatoms. The topological polar surface area (TPSA) is 42.0 Å². The molecule has 0 radical (unpaired) electrons. The van der Waals surface area contributed by atoms with E-state index in [0.29, 0.717) is 5.56 Å². The third-order valence-corrected chi connectivity index (χ3v) is 1.81. The van der Waals surface area contributed by atoms with Crippen LogP contribution < -0.4 is 5.32 Å². The molecule has 0 aromatic carbocycles. The summed E-state index contributed by atoms with van der Waals surface area (Å²) < 4.78 is 0. The van der Waals surface area contributed by atoms with Crippen LogP contribution in [0.25, 0.3) is 0 Å². The summed E-state index contributed by atoms with van der Waals surface area (Å²) in [6.45, 7) is 4.84. The quantitative estimate of drug-likeness (QED) is 0.717. The third-order valence-electron chi connectivity index (χ3n) is 1.81. The summed E-state index contributed by atoms with van der Waals surface area (Å²) in [5.41, 5.74) is 1.43. The number of aldehydes is 1. The van der Waals surface area contributed by atoms with Crippen LogP contribution >= 0.6 is 0 Å². The lowest BCUT2D eigenvalue weighted by atomic mass is 10.2. The molecule has 1 aromatic heterocycles. The van der Waals surface area contributed by atoms with Crippen molar-refractivity contribution >= 4 is 12.1 Å². The highest BCUT2D eigenvalue weighted by molar-refractivity contribution is 5.76. The fourth-order valence-electron chi connectivity index (χ4n) is 1.05. The highest BCUT2D eigenvalue weighted by Crippen LogP contribution is 2.08. The van der Waals surface area contributed by atoms with Gasteiger partial charge in [-0.05, 0) is 25.5 Å². The second kappa shape index (κ2) is 4.60. The molecule has 0 aliphatic carbocycles. The van der Waals surface area contributed by atoms with Crippen molar-refractivity contribution in [3.63, 3.8) is 0 Å². The molecule has 3 nitrogen and oxygen atoms in total. The molecular formula is C10H14N2O. The van der Waals surface area contributed by atoms with Gasteiger partial charge in [0.2, 0.25) is 0 Å². The summed E-state index contributed by atoms with van der Waals surface area (Å²) in [5.74, 6) is 0.838. The van der Waals surface area contributed by atoms with Crippen molar-refractivity contribution in [1.29, 1.82) is 0 Å². The van der Waals surface area contributed by atoms with Crippen LogP contribution in [-0.4, -0.2) is 17.8 Å². The largest absolute Gasteiger partial charge is 0.370 e. The molecule has 1 aromatic rings. The van der Waals surface area contributed by atoms with Crippen molar-refractivity contribution in [2.75, 3.05) is 11.9 Å². The van der Waals surface area contributed by atoms with E-state index in [1.807, 2.05) is 13.0 Å². The Balaban J connectivity index is 2.77. The van der Waals surface area contributed by atoms with Gasteiger partial charge in [0.05, 0.1) is 5.69 Å². The number of rotatable bonds is 4. The maximum atomic E-state index is 10.5. The van der Waals surface area contributed by atoms with Crippen LogP contribution in [0.3, 0.4) is 0 Å². The highest BCUT2D eigenvalue weighted by Gasteiger charge is 1.98. The van der Waals surface area contributed by atoms with E-state index >= 15 is 0 Å². The molecule has 0 saturated carbocycles. The monoisotopic (exact) mass is 178 g/mol. The smallest absolute Gasteiger partial charge is 0.151 e. The lowest BCUT2D eigenvalue weighted by Gasteiger charge is -2.05. The summed E-state index contributed by atoms with van der Waals surface area (Å²) in [6.07, 6.45) is 1.89. The normalized spacial score (nSPS) is 9.69. The third kappa shape index (κ3) is 2.54. The molecular weight excluding hydrogens is 164 g/mol. The summed E-state index contributed by atoms with van der Waals surface area (Å²) >= 11 is 0. The molecule has 13 heavy (non-hydrogen) atoms. The van der Waals surface area contributed by atoms with Crippen molar-refractivity contribution in [2.45, 2.75) is 20.3 Å². The van der Waals surface area contributed by atoms with Gasteiger partial charge in [-0.25, -0.2) is 4.98 Å². The van der Waals surface area contributed by atoms with Gasteiger partial charge < -0.3 is 5.32 Å². The number of carbonyl (C=O) groups is 1. The van der Waals surface area contributed by atoms with Crippen molar-refractivity contribution in [3.8, 4) is 0 Å². The molecule has 0 spiro atoms. The molecule has 0 aliphatic rings. The van der Waals surface area contributed by atoms with Crippen LogP contribution in [-0.2, 0) is 0 Å². The Morgan fingerprint density at radius 2 is 2.31 bits per heavy atom. The van der Waals surface area contributed by atoms with Gasteiger partial charge in [-0.1, -0.05) is 6.92 Å². The van der Waals surface area contributed by atoms with Gasteiger partial charge in [0.1, 0.15) is 5.82 Å². The molecule has 1 N–H and O–H groups in total.